The van der Waals surface area contributed by atoms with E-state index in [1.54, 1.807) is 12.1 Å². The maximum absolute atomic E-state index is 11.4. The first kappa shape index (κ1) is 12.1. The minimum absolute atomic E-state index is 0.0631. The van der Waals surface area contributed by atoms with E-state index < -0.39 is 5.97 Å². The molecule has 0 saturated heterocycles. The molecule has 1 aromatic rings. The second kappa shape index (κ2) is 5.24. The van der Waals surface area contributed by atoms with Crippen LogP contribution in [0, 0.1) is 0 Å². The topological polar surface area (TPSA) is 62.7 Å². The van der Waals surface area contributed by atoms with Gasteiger partial charge in [0, 0.05) is 0 Å². The lowest BCUT2D eigenvalue weighted by Gasteiger charge is -2.08. The first-order valence-corrected chi connectivity index (χ1v) is 5.01. The molecule has 0 N–H and O–H groups in total. The summed E-state index contributed by atoms with van der Waals surface area (Å²) in [6.45, 7) is 4.01. The van der Waals surface area contributed by atoms with E-state index in [9.17, 15) is 4.79 Å². The first-order valence-electron chi connectivity index (χ1n) is 5.01. The number of hydrogen-bond donors (Lipinski definition) is 0. The van der Waals surface area contributed by atoms with Gasteiger partial charge in [-0.25, -0.2) is 4.79 Å². The number of carbonyl (C=O) groups excluding carboxylic acids is 1. The molecule has 1 rings (SSSR count). The van der Waals surface area contributed by atoms with Gasteiger partial charge in [-0.05, 0) is 17.5 Å². The number of nitrogens with zero attached hydrogens (tertiary/aromatic N) is 2. The highest BCUT2D eigenvalue weighted by atomic mass is 16.5. The highest BCUT2D eigenvalue weighted by Crippen LogP contribution is 2.19. The van der Waals surface area contributed by atoms with Crippen molar-refractivity contribution >= 4 is 11.7 Å². The minimum Gasteiger partial charge on any atom is -0.460 e. The van der Waals surface area contributed by atoms with Crippen molar-refractivity contribution in [2.45, 2.75) is 19.8 Å². The molecule has 84 valence electrons. The fourth-order valence-corrected chi connectivity index (χ4v) is 1.52. The molecule has 4 heteroatoms. The number of esters is 1. The highest BCUT2D eigenvalue weighted by molar-refractivity contribution is 6.41. The number of ether oxygens (including phenoxy) is 1. The molecule has 0 saturated carbocycles. The summed E-state index contributed by atoms with van der Waals surface area (Å²) < 4.78 is 4.56. The average molecular weight is 218 g/mol. The van der Waals surface area contributed by atoms with Gasteiger partial charge in [-0.3, -0.25) is 0 Å². The van der Waals surface area contributed by atoms with E-state index in [1.807, 2.05) is 26.0 Å². The van der Waals surface area contributed by atoms with Crippen molar-refractivity contribution in [2.24, 2.45) is 0 Å². The van der Waals surface area contributed by atoms with Crippen LogP contribution in [0.3, 0.4) is 0 Å². The van der Waals surface area contributed by atoms with Crippen molar-refractivity contribution in [1.82, 2.24) is 0 Å². The molecule has 0 bridgehead atoms. The summed E-state index contributed by atoms with van der Waals surface area (Å²) in [6, 6.07) is 7.30. The zero-order valence-corrected chi connectivity index (χ0v) is 9.60. The molecular formula is C12H14N2O2. The standard InChI is InChI=1S/C12H14N2O2/c1-8(2)9-6-4-5-7-10(9)11(14-13)12(15)16-3/h4-8H,1-3H3. The number of carbonyl (C=O) groups is 1. The predicted molar refractivity (Wildman–Crippen MR) is 60.3 cm³/mol. The molecule has 16 heavy (non-hydrogen) atoms. The van der Waals surface area contributed by atoms with Gasteiger partial charge in [-0.2, -0.15) is 4.79 Å². The van der Waals surface area contributed by atoms with Crippen LogP contribution in [0.1, 0.15) is 30.9 Å². The number of hydrogen-bond acceptors (Lipinski definition) is 2. The second-order valence-corrected chi connectivity index (χ2v) is 3.68. The summed E-state index contributed by atoms with van der Waals surface area (Å²) in [5.41, 5.74) is 10.4. The van der Waals surface area contributed by atoms with Crippen LogP contribution < -0.4 is 0 Å². The van der Waals surface area contributed by atoms with Crippen LogP contribution in [0.15, 0.2) is 24.3 Å². The molecule has 4 nitrogen and oxygen atoms in total. The van der Waals surface area contributed by atoms with E-state index >= 15 is 0 Å². The van der Waals surface area contributed by atoms with Crippen molar-refractivity contribution in [1.29, 1.82) is 0 Å². The van der Waals surface area contributed by atoms with Gasteiger partial charge in [0.15, 0.2) is 0 Å². The van der Waals surface area contributed by atoms with Gasteiger partial charge >= 0.3 is 11.7 Å². The van der Waals surface area contributed by atoms with Crippen LogP contribution in [-0.4, -0.2) is 23.6 Å². The van der Waals surface area contributed by atoms with E-state index in [2.05, 4.69) is 9.53 Å². The molecule has 0 heterocycles. The van der Waals surface area contributed by atoms with Crippen molar-refractivity contribution < 1.29 is 14.3 Å². The molecular weight excluding hydrogens is 204 g/mol. The summed E-state index contributed by atoms with van der Waals surface area (Å²) in [6.07, 6.45) is 0. The fourth-order valence-electron chi connectivity index (χ4n) is 1.52. The van der Waals surface area contributed by atoms with Crippen molar-refractivity contribution in [3.8, 4) is 0 Å². The van der Waals surface area contributed by atoms with Crippen LogP contribution in [-0.2, 0) is 9.53 Å². The van der Waals surface area contributed by atoms with E-state index in [0.717, 1.165) is 5.56 Å². The van der Waals surface area contributed by atoms with Crippen LogP contribution in [0.5, 0.6) is 0 Å². The number of benzene rings is 1. The zero-order valence-electron chi connectivity index (χ0n) is 9.60. The Morgan fingerprint density at radius 2 is 2.00 bits per heavy atom. The lowest BCUT2D eigenvalue weighted by molar-refractivity contribution is -0.137. The SMILES string of the molecule is COC(=O)C(=[N+]=[N-])c1ccccc1C(C)C. The van der Waals surface area contributed by atoms with Crippen molar-refractivity contribution in [2.75, 3.05) is 7.11 Å². The number of rotatable bonds is 3. The van der Waals surface area contributed by atoms with Crippen molar-refractivity contribution in [3.05, 3.63) is 40.9 Å². The van der Waals surface area contributed by atoms with Gasteiger partial charge < -0.3 is 10.3 Å². The largest absolute Gasteiger partial charge is 0.460 e. The predicted octanol–water partition coefficient (Wildman–Crippen LogP) is 2.00. The summed E-state index contributed by atoms with van der Waals surface area (Å²) in [5, 5.41) is 0. The van der Waals surface area contributed by atoms with Gasteiger partial charge in [0.2, 0.25) is 0 Å². The molecule has 0 radical (unpaired) electrons. The van der Waals surface area contributed by atoms with Gasteiger partial charge in [0.05, 0.1) is 12.7 Å². The fraction of sp³-hybridized carbons (Fsp3) is 0.333. The van der Waals surface area contributed by atoms with Crippen LogP contribution in [0.4, 0.5) is 0 Å². The van der Waals surface area contributed by atoms with Crippen molar-refractivity contribution in [3.63, 3.8) is 0 Å². The maximum atomic E-state index is 11.4. The third kappa shape index (κ3) is 2.35. The van der Waals surface area contributed by atoms with Gasteiger partial charge in [0.25, 0.3) is 0 Å². The maximum Gasteiger partial charge on any atom is 0.422 e. The van der Waals surface area contributed by atoms with E-state index in [0.29, 0.717) is 5.56 Å². The van der Waals surface area contributed by atoms with Crippen LogP contribution >= 0.6 is 0 Å². The summed E-state index contributed by atoms with van der Waals surface area (Å²) in [4.78, 5) is 14.4. The Kier molecular flexibility index (Phi) is 3.97. The molecule has 0 aromatic heterocycles. The van der Waals surface area contributed by atoms with Gasteiger partial charge in [0.1, 0.15) is 0 Å². The molecule has 0 aliphatic rings. The monoisotopic (exact) mass is 218 g/mol. The van der Waals surface area contributed by atoms with E-state index in [-0.39, 0.29) is 11.6 Å². The second-order valence-electron chi connectivity index (χ2n) is 3.68. The Morgan fingerprint density at radius 3 is 2.50 bits per heavy atom. The third-order valence-electron chi connectivity index (χ3n) is 2.32. The minimum atomic E-state index is -0.643. The summed E-state index contributed by atoms with van der Waals surface area (Å²) in [7, 11) is 1.26. The lowest BCUT2D eigenvalue weighted by Crippen LogP contribution is -2.20. The smallest absolute Gasteiger partial charge is 0.422 e. The molecule has 0 fully saturated rings. The molecule has 0 spiro atoms. The van der Waals surface area contributed by atoms with Gasteiger partial charge in [-0.15, -0.1) is 0 Å². The molecule has 0 amide bonds. The Balaban J connectivity index is 3.32. The average Bonchev–Trinajstić information content (AvgIpc) is 2.30. The first-order chi connectivity index (χ1) is 7.61. The van der Waals surface area contributed by atoms with E-state index in [1.165, 1.54) is 7.11 Å². The Hall–Kier alpha value is -1.93. The van der Waals surface area contributed by atoms with Gasteiger partial charge in [-0.1, -0.05) is 32.0 Å². The normalized spacial score (nSPS) is 9.75. The zero-order chi connectivity index (χ0) is 12.1. The van der Waals surface area contributed by atoms with Crippen LogP contribution in [0.25, 0.3) is 5.53 Å². The molecule has 1 aromatic carbocycles. The molecule has 0 aliphatic heterocycles. The molecule has 0 atom stereocenters. The van der Waals surface area contributed by atoms with E-state index in [4.69, 9.17) is 5.53 Å². The molecule has 0 unspecified atom stereocenters. The molecule has 0 aliphatic carbocycles. The highest BCUT2D eigenvalue weighted by Gasteiger charge is 2.26. The Labute approximate surface area is 94.5 Å². The third-order valence-corrected chi connectivity index (χ3v) is 2.32. The summed E-state index contributed by atoms with van der Waals surface area (Å²) >= 11 is 0. The Bertz CT molecular complexity index is 446. The quantitative estimate of drug-likeness (QED) is 0.337. The summed E-state index contributed by atoms with van der Waals surface area (Å²) in [5.74, 6) is -0.409. The lowest BCUT2D eigenvalue weighted by atomic mass is 9.94. The van der Waals surface area contributed by atoms with Crippen LogP contribution in [0.2, 0.25) is 0 Å². The Morgan fingerprint density at radius 1 is 1.38 bits per heavy atom. The number of methoxy groups -OCH3 is 1.